The molecule has 0 radical (unpaired) electrons. The monoisotopic (exact) mass is 276 g/mol. The Morgan fingerprint density at radius 2 is 2.00 bits per heavy atom. The Kier molecular flexibility index (Phi) is 3.79. The van der Waals surface area contributed by atoms with E-state index in [9.17, 15) is 9.59 Å². The van der Waals surface area contributed by atoms with E-state index in [1.54, 1.807) is 26.0 Å². The first-order chi connectivity index (χ1) is 9.43. The first-order valence-corrected chi connectivity index (χ1v) is 6.22. The fourth-order valence-corrected chi connectivity index (χ4v) is 2.03. The molecule has 1 heterocycles. The van der Waals surface area contributed by atoms with Crippen LogP contribution in [0, 0.1) is 13.8 Å². The predicted octanol–water partition coefficient (Wildman–Crippen LogP) is 2.35. The molecule has 0 aliphatic carbocycles. The lowest BCUT2D eigenvalue weighted by molar-refractivity contribution is -0.147. The summed E-state index contributed by atoms with van der Waals surface area (Å²) in [6.45, 7) is 5.22. The van der Waals surface area contributed by atoms with Crippen LogP contribution in [0.5, 0.6) is 5.75 Å². The number of rotatable bonds is 3. The standard InChI is InChI=1S/C15H16O5/c1-8-7-13(16)20-14-9(2)12(6-5-11(8)14)19-10(3)15(17)18-4/h5-7,10H,1-4H3/t10-/m1/s1. The van der Waals surface area contributed by atoms with Crippen LogP contribution in [-0.4, -0.2) is 19.2 Å². The Hall–Kier alpha value is -2.30. The van der Waals surface area contributed by atoms with Gasteiger partial charge in [0.05, 0.1) is 7.11 Å². The highest BCUT2D eigenvalue weighted by atomic mass is 16.6. The highest BCUT2D eigenvalue weighted by Crippen LogP contribution is 2.28. The maximum Gasteiger partial charge on any atom is 0.346 e. The number of esters is 1. The van der Waals surface area contributed by atoms with Crippen LogP contribution in [-0.2, 0) is 9.53 Å². The van der Waals surface area contributed by atoms with Gasteiger partial charge >= 0.3 is 11.6 Å². The van der Waals surface area contributed by atoms with Crippen molar-refractivity contribution >= 4 is 16.9 Å². The van der Waals surface area contributed by atoms with Crippen LogP contribution in [0.2, 0.25) is 0 Å². The molecule has 0 aliphatic heterocycles. The summed E-state index contributed by atoms with van der Waals surface area (Å²) >= 11 is 0. The van der Waals surface area contributed by atoms with Crippen molar-refractivity contribution < 1.29 is 18.7 Å². The van der Waals surface area contributed by atoms with Crippen molar-refractivity contribution in [2.45, 2.75) is 26.9 Å². The van der Waals surface area contributed by atoms with Gasteiger partial charge in [-0.25, -0.2) is 9.59 Å². The smallest absolute Gasteiger partial charge is 0.346 e. The van der Waals surface area contributed by atoms with Crippen LogP contribution in [0.1, 0.15) is 18.1 Å². The van der Waals surface area contributed by atoms with E-state index in [4.69, 9.17) is 9.15 Å². The van der Waals surface area contributed by atoms with E-state index in [2.05, 4.69) is 4.74 Å². The molecule has 0 saturated heterocycles. The molecule has 0 spiro atoms. The number of carbonyl (C=O) groups is 1. The molecule has 0 bridgehead atoms. The molecule has 2 rings (SSSR count). The van der Waals surface area contributed by atoms with E-state index in [0.717, 1.165) is 10.9 Å². The molecule has 0 amide bonds. The topological polar surface area (TPSA) is 65.7 Å². The molecule has 5 nitrogen and oxygen atoms in total. The highest BCUT2D eigenvalue weighted by molar-refractivity contribution is 5.85. The Morgan fingerprint density at radius 3 is 2.65 bits per heavy atom. The lowest BCUT2D eigenvalue weighted by Gasteiger charge is -2.15. The van der Waals surface area contributed by atoms with Crippen LogP contribution >= 0.6 is 0 Å². The number of hydrogen-bond acceptors (Lipinski definition) is 5. The van der Waals surface area contributed by atoms with Crippen molar-refractivity contribution in [3.05, 3.63) is 39.7 Å². The zero-order chi connectivity index (χ0) is 14.9. The number of methoxy groups -OCH3 is 1. The maximum absolute atomic E-state index is 11.5. The summed E-state index contributed by atoms with van der Waals surface area (Å²) in [6, 6.07) is 5.00. The SMILES string of the molecule is COC(=O)[C@@H](C)Oc1ccc2c(C)cc(=O)oc2c1C. The van der Waals surface area contributed by atoms with E-state index in [1.807, 2.05) is 6.92 Å². The van der Waals surface area contributed by atoms with E-state index >= 15 is 0 Å². The number of aryl methyl sites for hydroxylation is 2. The molecule has 106 valence electrons. The van der Waals surface area contributed by atoms with Gasteiger partial charge in [-0.2, -0.15) is 0 Å². The average molecular weight is 276 g/mol. The normalized spacial score (nSPS) is 12.2. The van der Waals surface area contributed by atoms with Gasteiger partial charge in [-0.15, -0.1) is 0 Å². The zero-order valence-electron chi connectivity index (χ0n) is 11.9. The number of ether oxygens (including phenoxy) is 2. The molecule has 2 aromatic rings. The quantitative estimate of drug-likeness (QED) is 0.636. The van der Waals surface area contributed by atoms with Gasteiger partial charge in [-0.3, -0.25) is 0 Å². The Balaban J connectivity index is 2.49. The molecule has 1 aromatic carbocycles. The summed E-state index contributed by atoms with van der Waals surface area (Å²) in [4.78, 5) is 22.8. The highest BCUT2D eigenvalue weighted by Gasteiger charge is 2.17. The number of carbonyl (C=O) groups excluding carboxylic acids is 1. The van der Waals surface area contributed by atoms with Crippen molar-refractivity contribution in [2.75, 3.05) is 7.11 Å². The molecular formula is C15H16O5. The van der Waals surface area contributed by atoms with Crippen molar-refractivity contribution in [3.63, 3.8) is 0 Å². The summed E-state index contributed by atoms with van der Waals surface area (Å²) in [7, 11) is 1.30. The van der Waals surface area contributed by atoms with Crippen LogP contribution in [0.4, 0.5) is 0 Å². The molecular weight excluding hydrogens is 260 g/mol. The first-order valence-electron chi connectivity index (χ1n) is 6.22. The molecule has 5 heteroatoms. The van der Waals surface area contributed by atoms with Gasteiger partial charge in [0.25, 0.3) is 0 Å². The van der Waals surface area contributed by atoms with E-state index in [1.165, 1.54) is 13.2 Å². The second-order valence-electron chi connectivity index (χ2n) is 4.60. The molecule has 1 atom stereocenters. The summed E-state index contributed by atoms with van der Waals surface area (Å²) in [5.74, 6) is 0.0272. The summed E-state index contributed by atoms with van der Waals surface area (Å²) in [5, 5.41) is 0.847. The zero-order valence-corrected chi connectivity index (χ0v) is 11.9. The third-order valence-electron chi connectivity index (χ3n) is 3.15. The van der Waals surface area contributed by atoms with Crippen molar-refractivity contribution in [1.82, 2.24) is 0 Å². The lowest BCUT2D eigenvalue weighted by atomic mass is 10.1. The molecule has 0 fully saturated rings. The van der Waals surface area contributed by atoms with E-state index < -0.39 is 17.7 Å². The van der Waals surface area contributed by atoms with Crippen LogP contribution in [0.15, 0.2) is 27.4 Å². The van der Waals surface area contributed by atoms with Crippen molar-refractivity contribution in [3.8, 4) is 5.75 Å². The Labute approximate surface area is 116 Å². The fraction of sp³-hybridized carbons (Fsp3) is 0.333. The van der Waals surface area contributed by atoms with Crippen molar-refractivity contribution in [1.29, 1.82) is 0 Å². The predicted molar refractivity (Wildman–Crippen MR) is 74.1 cm³/mol. The maximum atomic E-state index is 11.5. The number of hydrogen-bond donors (Lipinski definition) is 0. The fourth-order valence-electron chi connectivity index (χ4n) is 2.03. The minimum absolute atomic E-state index is 0.406. The second kappa shape index (κ2) is 5.36. The summed E-state index contributed by atoms with van der Waals surface area (Å²) in [5.41, 5.74) is 1.59. The first kappa shape index (κ1) is 14.1. The van der Waals surface area contributed by atoms with Gasteiger partial charge in [0.15, 0.2) is 6.10 Å². The van der Waals surface area contributed by atoms with Crippen LogP contribution < -0.4 is 10.4 Å². The van der Waals surface area contributed by atoms with E-state index in [0.29, 0.717) is 16.9 Å². The third-order valence-corrected chi connectivity index (χ3v) is 3.15. The van der Waals surface area contributed by atoms with Crippen LogP contribution in [0.3, 0.4) is 0 Å². The van der Waals surface area contributed by atoms with Crippen molar-refractivity contribution in [2.24, 2.45) is 0 Å². The van der Waals surface area contributed by atoms with E-state index in [-0.39, 0.29) is 0 Å². The number of benzene rings is 1. The average Bonchev–Trinajstić information content (AvgIpc) is 2.41. The molecule has 20 heavy (non-hydrogen) atoms. The van der Waals surface area contributed by atoms with Gasteiger partial charge in [-0.1, -0.05) is 0 Å². The molecule has 0 aliphatic rings. The molecule has 0 saturated carbocycles. The third kappa shape index (κ3) is 2.52. The summed E-state index contributed by atoms with van der Waals surface area (Å²) < 4.78 is 15.4. The lowest BCUT2D eigenvalue weighted by Crippen LogP contribution is -2.25. The van der Waals surface area contributed by atoms with Crippen LogP contribution in [0.25, 0.3) is 11.0 Å². The van der Waals surface area contributed by atoms with Gasteiger partial charge in [0.2, 0.25) is 0 Å². The molecule has 0 unspecified atom stereocenters. The largest absolute Gasteiger partial charge is 0.479 e. The Morgan fingerprint density at radius 1 is 1.30 bits per heavy atom. The summed E-state index contributed by atoms with van der Waals surface area (Å²) in [6.07, 6.45) is -0.729. The molecule has 0 N–H and O–H groups in total. The molecule has 1 aromatic heterocycles. The van der Waals surface area contributed by atoms with Gasteiger partial charge < -0.3 is 13.9 Å². The Bertz CT molecular complexity index is 714. The van der Waals surface area contributed by atoms with Gasteiger partial charge in [-0.05, 0) is 38.5 Å². The van der Waals surface area contributed by atoms with Gasteiger partial charge in [0.1, 0.15) is 11.3 Å². The van der Waals surface area contributed by atoms with Gasteiger partial charge in [0, 0.05) is 17.0 Å². The minimum Gasteiger partial charge on any atom is -0.479 e. The number of fused-ring (bicyclic) bond motifs is 1. The minimum atomic E-state index is -0.729. The second-order valence-corrected chi connectivity index (χ2v) is 4.60.